The quantitative estimate of drug-likeness (QED) is 0.600. The number of carbonyl (C=O) groups is 1. The molecule has 1 aliphatic heterocycles. The molecule has 0 aromatic heterocycles. The van der Waals surface area contributed by atoms with Gasteiger partial charge < -0.3 is 4.74 Å². The van der Waals surface area contributed by atoms with Crippen LogP contribution in [0.2, 0.25) is 0 Å². The van der Waals surface area contributed by atoms with Crippen molar-refractivity contribution >= 4 is 17.7 Å². The van der Waals surface area contributed by atoms with Crippen molar-refractivity contribution in [3.8, 4) is 0 Å². The van der Waals surface area contributed by atoms with Gasteiger partial charge in [0.05, 0.1) is 0 Å². The van der Waals surface area contributed by atoms with E-state index in [1.165, 1.54) is 12.1 Å². The first-order valence-corrected chi connectivity index (χ1v) is 5.81. The number of esters is 1. The van der Waals surface area contributed by atoms with E-state index < -0.39 is 5.51 Å². The predicted octanol–water partition coefficient (Wildman–Crippen LogP) is 3.68. The lowest BCUT2D eigenvalue weighted by molar-refractivity contribution is -0.141. The monoisotopic (exact) mass is 262 g/mol. The molecule has 1 aliphatic rings. The van der Waals surface area contributed by atoms with E-state index in [0.29, 0.717) is 12.8 Å². The van der Waals surface area contributed by atoms with Crippen LogP contribution in [-0.2, 0) is 9.53 Å². The van der Waals surface area contributed by atoms with E-state index in [-0.39, 0.29) is 28.7 Å². The van der Waals surface area contributed by atoms with Gasteiger partial charge in [0.2, 0.25) is 0 Å². The topological polar surface area (TPSA) is 26.3 Å². The van der Waals surface area contributed by atoms with Crippen LogP contribution in [0, 0.1) is 0 Å². The number of carbonyl (C=O) groups excluding carboxylic acids is 1. The summed E-state index contributed by atoms with van der Waals surface area (Å²) >= 11 is -0.155. The summed E-state index contributed by atoms with van der Waals surface area (Å²) in [4.78, 5) is 11.0. The summed E-state index contributed by atoms with van der Waals surface area (Å²) < 4.78 is 41.3. The minimum Gasteiger partial charge on any atom is -0.457 e. The van der Waals surface area contributed by atoms with Crippen molar-refractivity contribution in [2.45, 2.75) is 29.3 Å². The van der Waals surface area contributed by atoms with Crippen LogP contribution in [0.25, 0.3) is 0 Å². The lowest BCUT2D eigenvalue weighted by atomic mass is 10.1. The molecule has 2 nitrogen and oxygen atoms in total. The molecular formula is C11H9F3O2S. The number of hydrogen-bond donors (Lipinski definition) is 0. The fourth-order valence-corrected chi connectivity index (χ4v) is 2.18. The molecule has 92 valence electrons. The highest BCUT2D eigenvalue weighted by atomic mass is 32.2. The Labute approximate surface area is 100 Å². The van der Waals surface area contributed by atoms with Crippen LogP contribution in [0.4, 0.5) is 13.2 Å². The first-order chi connectivity index (χ1) is 7.94. The van der Waals surface area contributed by atoms with Gasteiger partial charge in [0, 0.05) is 11.3 Å². The third kappa shape index (κ3) is 3.39. The maximum Gasteiger partial charge on any atom is 0.446 e. The zero-order valence-corrected chi connectivity index (χ0v) is 9.48. The smallest absolute Gasteiger partial charge is 0.446 e. The Morgan fingerprint density at radius 1 is 1.24 bits per heavy atom. The van der Waals surface area contributed by atoms with Gasteiger partial charge in [-0.15, -0.1) is 0 Å². The Morgan fingerprint density at radius 3 is 2.35 bits per heavy atom. The van der Waals surface area contributed by atoms with E-state index in [2.05, 4.69) is 0 Å². The second-order valence-electron chi connectivity index (χ2n) is 3.63. The number of thioether (sulfide) groups is 1. The zero-order chi connectivity index (χ0) is 12.5. The van der Waals surface area contributed by atoms with E-state index in [1.54, 1.807) is 12.1 Å². The van der Waals surface area contributed by atoms with Crippen molar-refractivity contribution in [3.05, 3.63) is 29.8 Å². The lowest BCUT2D eigenvalue weighted by Crippen LogP contribution is -2.00. The van der Waals surface area contributed by atoms with E-state index in [9.17, 15) is 18.0 Å². The summed E-state index contributed by atoms with van der Waals surface area (Å²) in [6.07, 6.45) is 0.640. The number of ether oxygens (including phenoxy) is 1. The Hall–Kier alpha value is -1.17. The van der Waals surface area contributed by atoms with Gasteiger partial charge in [-0.1, -0.05) is 12.1 Å². The van der Waals surface area contributed by atoms with E-state index in [4.69, 9.17) is 4.74 Å². The van der Waals surface area contributed by atoms with Crippen molar-refractivity contribution in [2.75, 3.05) is 0 Å². The van der Waals surface area contributed by atoms with Crippen molar-refractivity contribution in [3.63, 3.8) is 0 Å². The summed E-state index contributed by atoms with van der Waals surface area (Å²) in [6, 6.07) is 5.91. The van der Waals surface area contributed by atoms with Crippen LogP contribution in [0.5, 0.6) is 0 Å². The average molecular weight is 262 g/mol. The molecule has 1 fully saturated rings. The summed E-state index contributed by atoms with van der Waals surface area (Å²) in [5, 5.41) is 0. The lowest BCUT2D eigenvalue weighted by Gasteiger charge is -2.10. The highest BCUT2D eigenvalue weighted by Crippen LogP contribution is 2.38. The summed E-state index contributed by atoms with van der Waals surface area (Å²) in [5.74, 6) is -0.260. The molecular weight excluding hydrogens is 253 g/mol. The van der Waals surface area contributed by atoms with Gasteiger partial charge in [0.15, 0.2) is 0 Å². The Balaban J connectivity index is 2.05. The number of benzene rings is 1. The van der Waals surface area contributed by atoms with Crippen LogP contribution < -0.4 is 0 Å². The number of halogens is 3. The highest BCUT2D eigenvalue weighted by Gasteiger charge is 2.29. The third-order valence-electron chi connectivity index (χ3n) is 2.37. The van der Waals surface area contributed by atoms with Crippen LogP contribution in [0.1, 0.15) is 24.5 Å². The molecule has 0 radical (unpaired) electrons. The van der Waals surface area contributed by atoms with Gasteiger partial charge in [0.1, 0.15) is 6.10 Å². The molecule has 1 aromatic rings. The second-order valence-corrected chi connectivity index (χ2v) is 4.77. The second kappa shape index (κ2) is 4.60. The fourth-order valence-electron chi connectivity index (χ4n) is 1.64. The Kier molecular flexibility index (Phi) is 3.33. The number of alkyl halides is 3. The zero-order valence-electron chi connectivity index (χ0n) is 8.66. The molecule has 1 heterocycles. The van der Waals surface area contributed by atoms with Crippen molar-refractivity contribution in [1.29, 1.82) is 0 Å². The first kappa shape index (κ1) is 12.3. The molecule has 1 aromatic carbocycles. The molecule has 0 bridgehead atoms. The highest BCUT2D eigenvalue weighted by molar-refractivity contribution is 8.00. The molecule has 0 spiro atoms. The van der Waals surface area contributed by atoms with Crippen molar-refractivity contribution in [1.82, 2.24) is 0 Å². The Bertz CT molecular complexity index is 414. The standard InChI is InChI=1S/C11H9F3O2S/c12-11(13,14)17-8-3-1-7(2-4-8)9-5-6-10(15)16-9/h1-4,9H,5-6H2. The number of cyclic esters (lactones) is 1. The van der Waals surface area contributed by atoms with Crippen LogP contribution in [0.15, 0.2) is 29.2 Å². The van der Waals surface area contributed by atoms with Crippen molar-refractivity contribution in [2.24, 2.45) is 0 Å². The minimum absolute atomic E-state index is 0.130. The van der Waals surface area contributed by atoms with E-state index in [0.717, 1.165) is 5.56 Å². The van der Waals surface area contributed by atoms with Crippen LogP contribution in [0.3, 0.4) is 0 Å². The molecule has 17 heavy (non-hydrogen) atoms. The number of hydrogen-bond acceptors (Lipinski definition) is 3. The third-order valence-corrected chi connectivity index (χ3v) is 3.11. The largest absolute Gasteiger partial charge is 0.457 e. The molecule has 6 heteroatoms. The maximum atomic E-state index is 12.1. The van der Waals surface area contributed by atoms with Crippen molar-refractivity contribution < 1.29 is 22.7 Å². The van der Waals surface area contributed by atoms with Gasteiger partial charge in [0.25, 0.3) is 0 Å². The minimum atomic E-state index is -4.28. The Morgan fingerprint density at radius 2 is 1.88 bits per heavy atom. The fraction of sp³-hybridized carbons (Fsp3) is 0.364. The van der Waals surface area contributed by atoms with Gasteiger partial charge in [-0.05, 0) is 35.9 Å². The molecule has 0 saturated carbocycles. The molecule has 1 saturated heterocycles. The SMILES string of the molecule is O=C1CCC(c2ccc(SC(F)(F)F)cc2)O1. The molecule has 0 aliphatic carbocycles. The summed E-state index contributed by atoms with van der Waals surface area (Å²) in [7, 11) is 0. The molecule has 2 rings (SSSR count). The average Bonchev–Trinajstić information content (AvgIpc) is 2.63. The van der Waals surface area contributed by atoms with Crippen LogP contribution in [-0.4, -0.2) is 11.5 Å². The molecule has 0 amide bonds. The molecule has 0 N–H and O–H groups in total. The summed E-state index contributed by atoms with van der Waals surface area (Å²) in [6.45, 7) is 0. The predicted molar refractivity (Wildman–Crippen MR) is 56.4 cm³/mol. The van der Waals surface area contributed by atoms with E-state index >= 15 is 0 Å². The van der Waals surface area contributed by atoms with Gasteiger partial charge in [-0.3, -0.25) is 4.79 Å². The molecule has 1 atom stereocenters. The van der Waals surface area contributed by atoms with Gasteiger partial charge >= 0.3 is 11.5 Å². The van der Waals surface area contributed by atoms with Gasteiger partial charge in [-0.25, -0.2) is 0 Å². The van der Waals surface area contributed by atoms with E-state index in [1.807, 2.05) is 0 Å². The normalized spacial score (nSPS) is 20.4. The summed E-state index contributed by atoms with van der Waals surface area (Å²) in [5.41, 5.74) is -3.54. The number of rotatable bonds is 2. The molecule has 1 unspecified atom stereocenters. The maximum absolute atomic E-state index is 12.1. The van der Waals surface area contributed by atoms with Gasteiger partial charge in [-0.2, -0.15) is 13.2 Å². The van der Waals surface area contributed by atoms with Crippen LogP contribution >= 0.6 is 11.8 Å². The first-order valence-electron chi connectivity index (χ1n) is 4.99.